The highest BCUT2D eigenvalue weighted by Gasteiger charge is 2.11. The summed E-state index contributed by atoms with van der Waals surface area (Å²) >= 11 is 0. The van der Waals surface area contributed by atoms with E-state index in [0.29, 0.717) is 29.6 Å². The summed E-state index contributed by atoms with van der Waals surface area (Å²) in [6.07, 6.45) is 0.392. The molecule has 0 amide bonds. The third-order valence-corrected chi connectivity index (χ3v) is 2.71. The Balaban J connectivity index is 1.84. The molecule has 6 heteroatoms. The molecule has 2 heterocycles. The lowest BCUT2D eigenvalue weighted by Crippen LogP contribution is -1.93. The number of halogens is 1. The highest BCUT2D eigenvalue weighted by Crippen LogP contribution is 2.17. The number of hydrogen-bond donors (Lipinski definition) is 1. The Labute approximate surface area is 114 Å². The monoisotopic (exact) mass is 270 g/mol. The molecule has 1 aromatic carbocycles. The topological polar surface area (TPSA) is 77.8 Å². The molecule has 2 aromatic heterocycles. The van der Waals surface area contributed by atoms with Crippen molar-refractivity contribution in [2.75, 3.05) is 5.73 Å². The SMILES string of the molecule is Nc1cccc(-c2nc(Cc3cccc(F)c3)no2)n1. The first kappa shape index (κ1) is 12.3. The van der Waals surface area contributed by atoms with Gasteiger partial charge in [-0.3, -0.25) is 0 Å². The first-order valence-electron chi connectivity index (χ1n) is 6.00. The molecular weight excluding hydrogens is 259 g/mol. The van der Waals surface area contributed by atoms with Gasteiger partial charge in [-0.05, 0) is 29.8 Å². The molecule has 0 unspecified atom stereocenters. The van der Waals surface area contributed by atoms with Crippen LogP contribution in [0.4, 0.5) is 10.2 Å². The van der Waals surface area contributed by atoms with E-state index in [0.717, 1.165) is 5.56 Å². The van der Waals surface area contributed by atoms with Gasteiger partial charge < -0.3 is 10.3 Å². The van der Waals surface area contributed by atoms with E-state index in [1.165, 1.54) is 12.1 Å². The molecule has 0 aliphatic heterocycles. The van der Waals surface area contributed by atoms with Gasteiger partial charge in [0.15, 0.2) is 5.82 Å². The number of hydrogen-bond acceptors (Lipinski definition) is 5. The van der Waals surface area contributed by atoms with Crippen LogP contribution < -0.4 is 5.73 Å². The smallest absolute Gasteiger partial charge is 0.276 e. The van der Waals surface area contributed by atoms with Crippen molar-refractivity contribution in [2.45, 2.75) is 6.42 Å². The highest BCUT2D eigenvalue weighted by molar-refractivity contribution is 5.50. The van der Waals surface area contributed by atoms with Gasteiger partial charge in [0.05, 0.1) is 0 Å². The van der Waals surface area contributed by atoms with Crippen LogP contribution in [0, 0.1) is 5.82 Å². The zero-order valence-electron chi connectivity index (χ0n) is 10.5. The molecule has 0 aliphatic carbocycles. The van der Waals surface area contributed by atoms with Crippen LogP contribution in [0.3, 0.4) is 0 Å². The Kier molecular flexibility index (Phi) is 3.12. The molecule has 3 rings (SSSR count). The molecule has 0 aliphatic rings. The minimum Gasteiger partial charge on any atom is -0.384 e. The van der Waals surface area contributed by atoms with Crippen LogP contribution in [-0.2, 0) is 6.42 Å². The van der Waals surface area contributed by atoms with Crippen molar-refractivity contribution in [3.05, 3.63) is 59.7 Å². The van der Waals surface area contributed by atoms with Crippen molar-refractivity contribution in [1.82, 2.24) is 15.1 Å². The third-order valence-electron chi connectivity index (χ3n) is 2.71. The average molecular weight is 270 g/mol. The van der Waals surface area contributed by atoms with Crippen molar-refractivity contribution in [2.24, 2.45) is 0 Å². The number of rotatable bonds is 3. The van der Waals surface area contributed by atoms with E-state index in [4.69, 9.17) is 10.3 Å². The fourth-order valence-electron chi connectivity index (χ4n) is 1.83. The zero-order chi connectivity index (χ0) is 13.9. The summed E-state index contributed by atoms with van der Waals surface area (Å²) in [4.78, 5) is 8.33. The average Bonchev–Trinajstić information content (AvgIpc) is 2.87. The maximum absolute atomic E-state index is 13.1. The summed E-state index contributed by atoms with van der Waals surface area (Å²) in [7, 11) is 0. The van der Waals surface area contributed by atoms with E-state index in [2.05, 4.69) is 15.1 Å². The van der Waals surface area contributed by atoms with Crippen molar-refractivity contribution in [3.8, 4) is 11.6 Å². The number of benzene rings is 1. The largest absolute Gasteiger partial charge is 0.384 e. The second-order valence-electron chi connectivity index (χ2n) is 4.27. The quantitative estimate of drug-likeness (QED) is 0.790. The van der Waals surface area contributed by atoms with Gasteiger partial charge in [-0.2, -0.15) is 4.98 Å². The molecule has 0 saturated carbocycles. The molecule has 0 radical (unpaired) electrons. The fraction of sp³-hybridized carbons (Fsp3) is 0.0714. The summed E-state index contributed by atoms with van der Waals surface area (Å²) < 4.78 is 18.2. The van der Waals surface area contributed by atoms with Gasteiger partial charge in [-0.15, -0.1) is 0 Å². The predicted molar refractivity (Wildman–Crippen MR) is 71.1 cm³/mol. The van der Waals surface area contributed by atoms with E-state index in [-0.39, 0.29) is 5.82 Å². The maximum atomic E-state index is 13.1. The van der Waals surface area contributed by atoms with Gasteiger partial charge in [0.2, 0.25) is 0 Å². The lowest BCUT2D eigenvalue weighted by Gasteiger charge is -1.96. The number of aromatic nitrogens is 3. The molecule has 2 N–H and O–H groups in total. The standard InChI is InChI=1S/C14H11FN4O/c15-10-4-1-3-9(7-10)8-13-18-14(20-19-13)11-5-2-6-12(16)17-11/h1-7H,8H2,(H2,16,17). The van der Waals surface area contributed by atoms with E-state index in [9.17, 15) is 4.39 Å². The zero-order valence-corrected chi connectivity index (χ0v) is 10.5. The number of nitrogens with zero attached hydrogens (tertiary/aromatic N) is 3. The van der Waals surface area contributed by atoms with Gasteiger partial charge in [0.1, 0.15) is 17.3 Å². The molecule has 5 nitrogen and oxygen atoms in total. The molecule has 0 atom stereocenters. The van der Waals surface area contributed by atoms with Crippen molar-refractivity contribution in [1.29, 1.82) is 0 Å². The summed E-state index contributed by atoms with van der Waals surface area (Å²) in [5.41, 5.74) is 6.89. The maximum Gasteiger partial charge on any atom is 0.276 e. The summed E-state index contributed by atoms with van der Waals surface area (Å²) in [5.74, 6) is 0.856. The first-order chi connectivity index (χ1) is 9.70. The number of nitrogen functional groups attached to an aromatic ring is 1. The minimum atomic E-state index is -0.288. The third kappa shape index (κ3) is 2.64. The van der Waals surface area contributed by atoms with Gasteiger partial charge in [0.25, 0.3) is 5.89 Å². The Morgan fingerprint density at radius 1 is 1.10 bits per heavy atom. The van der Waals surface area contributed by atoms with E-state index >= 15 is 0 Å². The molecular formula is C14H11FN4O. The predicted octanol–water partition coefficient (Wildman–Crippen LogP) is 2.44. The van der Waals surface area contributed by atoms with Crippen LogP contribution in [0.25, 0.3) is 11.6 Å². The second-order valence-corrected chi connectivity index (χ2v) is 4.27. The fourth-order valence-corrected chi connectivity index (χ4v) is 1.83. The van der Waals surface area contributed by atoms with Crippen molar-refractivity contribution >= 4 is 5.82 Å². The normalized spacial score (nSPS) is 10.7. The lowest BCUT2D eigenvalue weighted by atomic mass is 10.1. The van der Waals surface area contributed by atoms with Crippen LogP contribution in [0.15, 0.2) is 47.0 Å². The van der Waals surface area contributed by atoms with Crippen molar-refractivity contribution in [3.63, 3.8) is 0 Å². The summed E-state index contributed by atoms with van der Waals surface area (Å²) in [5, 5.41) is 3.86. The van der Waals surface area contributed by atoms with Crippen LogP contribution in [0.1, 0.15) is 11.4 Å². The van der Waals surface area contributed by atoms with Gasteiger partial charge >= 0.3 is 0 Å². The molecule has 0 spiro atoms. The Hall–Kier alpha value is -2.76. The van der Waals surface area contributed by atoms with Crippen LogP contribution in [-0.4, -0.2) is 15.1 Å². The Morgan fingerprint density at radius 3 is 2.75 bits per heavy atom. The van der Waals surface area contributed by atoms with Gasteiger partial charge in [-0.1, -0.05) is 23.4 Å². The molecule has 0 fully saturated rings. The highest BCUT2D eigenvalue weighted by atomic mass is 19.1. The molecule has 100 valence electrons. The molecule has 3 aromatic rings. The number of pyridine rings is 1. The Morgan fingerprint density at radius 2 is 1.95 bits per heavy atom. The van der Waals surface area contributed by atoms with Crippen LogP contribution in [0.2, 0.25) is 0 Å². The lowest BCUT2D eigenvalue weighted by molar-refractivity contribution is 0.422. The number of anilines is 1. The second kappa shape index (κ2) is 5.08. The molecule has 0 saturated heterocycles. The Bertz CT molecular complexity index is 741. The first-order valence-corrected chi connectivity index (χ1v) is 6.00. The summed E-state index contributed by atoms with van der Waals surface area (Å²) in [6, 6.07) is 11.4. The number of nitrogens with two attached hydrogens (primary N) is 1. The van der Waals surface area contributed by atoms with Crippen LogP contribution in [0.5, 0.6) is 0 Å². The van der Waals surface area contributed by atoms with Gasteiger partial charge in [-0.25, -0.2) is 9.37 Å². The van der Waals surface area contributed by atoms with Crippen molar-refractivity contribution < 1.29 is 8.91 Å². The summed E-state index contributed by atoms with van der Waals surface area (Å²) in [6.45, 7) is 0. The minimum absolute atomic E-state index is 0.288. The molecule has 0 bridgehead atoms. The van der Waals surface area contributed by atoms with E-state index < -0.39 is 0 Å². The van der Waals surface area contributed by atoms with E-state index in [1.54, 1.807) is 30.3 Å². The van der Waals surface area contributed by atoms with Gasteiger partial charge in [0, 0.05) is 6.42 Å². The van der Waals surface area contributed by atoms with Crippen LogP contribution >= 0.6 is 0 Å². The van der Waals surface area contributed by atoms with E-state index in [1.807, 2.05) is 0 Å². The molecule has 20 heavy (non-hydrogen) atoms.